The number of carbonyl (C=O) groups is 1. The van der Waals surface area contributed by atoms with Crippen molar-refractivity contribution < 1.29 is 14.6 Å². The predicted molar refractivity (Wildman–Crippen MR) is 68.5 cm³/mol. The molecule has 0 amide bonds. The molecule has 4 nitrogen and oxygen atoms in total. The summed E-state index contributed by atoms with van der Waals surface area (Å²) in [6.07, 6.45) is -0.0262. The van der Waals surface area contributed by atoms with Gasteiger partial charge in [-0.3, -0.25) is 9.69 Å². The summed E-state index contributed by atoms with van der Waals surface area (Å²) in [6.45, 7) is 5.34. The van der Waals surface area contributed by atoms with Crippen molar-refractivity contribution in [1.29, 1.82) is 0 Å². The Morgan fingerprint density at radius 3 is 2.89 bits per heavy atom. The molecule has 0 spiro atoms. The van der Waals surface area contributed by atoms with Crippen LogP contribution < -0.4 is 0 Å². The SMILES string of the molecule is Cc1ccccc1[C@@H]1CN(CC(=O)O)[C@H](C)CO1. The zero-order chi connectivity index (χ0) is 13.1. The van der Waals surface area contributed by atoms with Crippen LogP contribution in [0.15, 0.2) is 24.3 Å². The van der Waals surface area contributed by atoms with E-state index in [0.29, 0.717) is 13.2 Å². The number of nitrogens with zero attached hydrogens (tertiary/aromatic N) is 1. The van der Waals surface area contributed by atoms with Gasteiger partial charge in [0.05, 0.1) is 19.3 Å². The molecule has 1 aliphatic heterocycles. The molecule has 2 rings (SSSR count). The molecule has 1 fully saturated rings. The molecule has 0 saturated carbocycles. The fraction of sp³-hybridized carbons (Fsp3) is 0.500. The van der Waals surface area contributed by atoms with Gasteiger partial charge in [-0.15, -0.1) is 0 Å². The van der Waals surface area contributed by atoms with E-state index in [0.717, 1.165) is 5.56 Å². The number of aryl methyl sites for hydroxylation is 1. The smallest absolute Gasteiger partial charge is 0.317 e. The van der Waals surface area contributed by atoms with Gasteiger partial charge in [-0.1, -0.05) is 24.3 Å². The first-order chi connectivity index (χ1) is 8.58. The third kappa shape index (κ3) is 2.89. The molecule has 1 aromatic carbocycles. The van der Waals surface area contributed by atoms with Crippen molar-refractivity contribution in [2.45, 2.75) is 26.0 Å². The fourth-order valence-electron chi connectivity index (χ4n) is 2.34. The van der Waals surface area contributed by atoms with Crippen molar-refractivity contribution >= 4 is 5.97 Å². The van der Waals surface area contributed by atoms with Crippen LogP contribution in [-0.4, -0.2) is 41.7 Å². The van der Waals surface area contributed by atoms with Crippen LogP contribution in [0.4, 0.5) is 0 Å². The second-order valence-corrected chi connectivity index (χ2v) is 4.85. The molecule has 0 aromatic heterocycles. The maximum absolute atomic E-state index is 10.8. The van der Waals surface area contributed by atoms with Gasteiger partial charge < -0.3 is 9.84 Å². The van der Waals surface area contributed by atoms with Gasteiger partial charge in [0, 0.05) is 12.6 Å². The Labute approximate surface area is 107 Å². The highest BCUT2D eigenvalue weighted by Crippen LogP contribution is 2.26. The van der Waals surface area contributed by atoms with Crippen LogP contribution in [0, 0.1) is 6.92 Å². The van der Waals surface area contributed by atoms with Crippen LogP contribution in [0.2, 0.25) is 0 Å². The van der Waals surface area contributed by atoms with E-state index in [4.69, 9.17) is 9.84 Å². The highest BCUT2D eigenvalue weighted by atomic mass is 16.5. The topological polar surface area (TPSA) is 49.8 Å². The lowest BCUT2D eigenvalue weighted by Gasteiger charge is -2.37. The van der Waals surface area contributed by atoms with Crippen LogP contribution >= 0.6 is 0 Å². The predicted octanol–water partition coefficient (Wildman–Crippen LogP) is 1.84. The van der Waals surface area contributed by atoms with Gasteiger partial charge in [0.2, 0.25) is 0 Å². The molecular weight excluding hydrogens is 230 g/mol. The Morgan fingerprint density at radius 2 is 2.22 bits per heavy atom. The first-order valence-electron chi connectivity index (χ1n) is 6.21. The van der Waals surface area contributed by atoms with E-state index in [1.165, 1.54) is 5.56 Å². The molecule has 1 aromatic rings. The van der Waals surface area contributed by atoms with Gasteiger partial charge in [0.15, 0.2) is 0 Å². The number of hydrogen-bond acceptors (Lipinski definition) is 3. The number of carboxylic acid groups (broad SMARTS) is 1. The quantitative estimate of drug-likeness (QED) is 0.888. The number of benzene rings is 1. The molecule has 1 N–H and O–H groups in total. The van der Waals surface area contributed by atoms with E-state index in [1.54, 1.807) is 0 Å². The van der Waals surface area contributed by atoms with Crippen LogP contribution in [0.1, 0.15) is 24.2 Å². The first kappa shape index (κ1) is 13.1. The largest absolute Gasteiger partial charge is 0.480 e. The molecule has 0 bridgehead atoms. The second kappa shape index (κ2) is 5.50. The number of ether oxygens (including phenoxy) is 1. The van der Waals surface area contributed by atoms with E-state index < -0.39 is 5.97 Å². The summed E-state index contributed by atoms with van der Waals surface area (Å²) in [5, 5.41) is 8.91. The number of carboxylic acids is 1. The summed E-state index contributed by atoms with van der Waals surface area (Å²) >= 11 is 0. The summed E-state index contributed by atoms with van der Waals surface area (Å²) < 4.78 is 5.83. The molecule has 1 saturated heterocycles. The van der Waals surface area contributed by atoms with Gasteiger partial charge in [-0.25, -0.2) is 0 Å². The third-order valence-corrected chi connectivity index (χ3v) is 3.44. The number of morpholine rings is 1. The molecule has 1 heterocycles. The van der Waals surface area contributed by atoms with Crippen molar-refractivity contribution in [2.24, 2.45) is 0 Å². The van der Waals surface area contributed by atoms with Gasteiger partial charge in [-0.2, -0.15) is 0 Å². The van der Waals surface area contributed by atoms with Crippen LogP contribution in [-0.2, 0) is 9.53 Å². The Hall–Kier alpha value is -1.39. The van der Waals surface area contributed by atoms with Gasteiger partial charge in [0.25, 0.3) is 0 Å². The zero-order valence-electron chi connectivity index (χ0n) is 10.8. The maximum atomic E-state index is 10.8. The lowest BCUT2D eigenvalue weighted by atomic mass is 10.0. The normalized spacial score (nSPS) is 25.0. The van der Waals surface area contributed by atoms with E-state index in [2.05, 4.69) is 19.1 Å². The number of aliphatic carboxylic acids is 1. The van der Waals surface area contributed by atoms with E-state index in [9.17, 15) is 4.79 Å². The van der Waals surface area contributed by atoms with Gasteiger partial charge in [-0.05, 0) is 25.0 Å². The average Bonchev–Trinajstić information content (AvgIpc) is 2.32. The molecule has 0 radical (unpaired) electrons. The second-order valence-electron chi connectivity index (χ2n) is 4.85. The standard InChI is InChI=1S/C14H19NO3/c1-10-5-3-4-6-12(10)13-7-15(8-14(16)17)11(2)9-18-13/h3-6,11,13H,7-9H2,1-2H3,(H,16,17)/t11-,13+/m1/s1. The van der Waals surface area contributed by atoms with Crippen LogP contribution in [0.25, 0.3) is 0 Å². The zero-order valence-corrected chi connectivity index (χ0v) is 10.8. The van der Waals surface area contributed by atoms with Crippen molar-refractivity contribution in [3.05, 3.63) is 35.4 Å². The van der Waals surface area contributed by atoms with Crippen molar-refractivity contribution in [3.8, 4) is 0 Å². The van der Waals surface area contributed by atoms with E-state index in [-0.39, 0.29) is 18.7 Å². The summed E-state index contributed by atoms with van der Waals surface area (Å²) in [5.74, 6) is -0.785. The Bertz CT molecular complexity index is 433. The van der Waals surface area contributed by atoms with Crippen LogP contribution in [0.3, 0.4) is 0 Å². The molecule has 98 valence electrons. The molecule has 4 heteroatoms. The van der Waals surface area contributed by atoms with E-state index >= 15 is 0 Å². The van der Waals surface area contributed by atoms with Crippen LogP contribution in [0.5, 0.6) is 0 Å². The minimum absolute atomic E-state index is 0.0262. The molecule has 1 aliphatic rings. The number of rotatable bonds is 3. The fourth-order valence-corrected chi connectivity index (χ4v) is 2.34. The Balaban J connectivity index is 2.12. The van der Waals surface area contributed by atoms with Gasteiger partial charge in [0.1, 0.15) is 0 Å². The summed E-state index contributed by atoms with van der Waals surface area (Å²) in [6, 6.07) is 8.25. The molecule has 0 unspecified atom stereocenters. The molecule has 0 aliphatic carbocycles. The third-order valence-electron chi connectivity index (χ3n) is 3.44. The summed E-state index contributed by atoms with van der Waals surface area (Å²) in [7, 11) is 0. The Morgan fingerprint density at radius 1 is 1.50 bits per heavy atom. The number of hydrogen-bond donors (Lipinski definition) is 1. The minimum Gasteiger partial charge on any atom is -0.480 e. The lowest BCUT2D eigenvalue weighted by molar-refractivity contribution is -0.142. The molecule has 18 heavy (non-hydrogen) atoms. The lowest BCUT2D eigenvalue weighted by Crippen LogP contribution is -2.47. The van der Waals surface area contributed by atoms with Gasteiger partial charge >= 0.3 is 5.97 Å². The van der Waals surface area contributed by atoms with Crippen molar-refractivity contribution in [2.75, 3.05) is 19.7 Å². The Kier molecular flexibility index (Phi) is 3.99. The van der Waals surface area contributed by atoms with Crippen molar-refractivity contribution in [3.63, 3.8) is 0 Å². The molecule has 2 atom stereocenters. The molecular formula is C14H19NO3. The van der Waals surface area contributed by atoms with E-state index in [1.807, 2.05) is 24.0 Å². The summed E-state index contributed by atoms with van der Waals surface area (Å²) in [4.78, 5) is 12.8. The monoisotopic (exact) mass is 249 g/mol. The maximum Gasteiger partial charge on any atom is 0.317 e. The highest BCUT2D eigenvalue weighted by molar-refractivity contribution is 5.69. The first-order valence-corrected chi connectivity index (χ1v) is 6.21. The average molecular weight is 249 g/mol. The van der Waals surface area contributed by atoms with Crippen molar-refractivity contribution in [1.82, 2.24) is 4.90 Å². The highest BCUT2D eigenvalue weighted by Gasteiger charge is 2.28. The minimum atomic E-state index is -0.785. The summed E-state index contributed by atoms with van der Waals surface area (Å²) in [5.41, 5.74) is 2.34.